The summed E-state index contributed by atoms with van der Waals surface area (Å²) < 4.78 is 4.24. The fraction of sp³-hybridized carbons (Fsp3) is 0.750. The van der Waals surface area contributed by atoms with Crippen LogP contribution in [0.25, 0.3) is 0 Å². The van der Waals surface area contributed by atoms with Crippen molar-refractivity contribution in [2.75, 3.05) is 6.61 Å². The molecule has 1 fully saturated rings. The predicted octanol–water partition coefficient (Wildman–Crippen LogP) is -1.74. The van der Waals surface area contributed by atoms with Crippen LogP contribution in [0.3, 0.4) is 0 Å². The second-order valence-electron chi connectivity index (χ2n) is 1.64. The van der Waals surface area contributed by atoms with E-state index in [1.165, 1.54) is 0 Å². The Labute approximate surface area is 45.7 Å². The second kappa shape index (κ2) is 1.72. The largest absolute Gasteiger partial charge is 0.461 e. The zero-order valence-electron chi connectivity index (χ0n) is 4.07. The molecule has 0 spiro atoms. The van der Waals surface area contributed by atoms with Gasteiger partial charge >= 0.3 is 5.97 Å². The summed E-state index contributed by atoms with van der Waals surface area (Å²) >= 11 is 0. The fourth-order valence-corrected chi connectivity index (χ4v) is 0.501. The smallest absolute Gasteiger partial charge is 0.337 e. The first-order chi connectivity index (χ1) is 3.72. The van der Waals surface area contributed by atoms with Gasteiger partial charge in [-0.25, -0.2) is 4.79 Å². The van der Waals surface area contributed by atoms with E-state index in [1.54, 1.807) is 0 Å². The van der Waals surface area contributed by atoms with E-state index < -0.39 is 18.2 Å². The Morgan fingerprint density at radius 1 is 1.62 bits per heavy atom. The first-order valence-electron chi connectivity index (χ1n) is 2.24. The molecule has 1 rings (SSSR count). The first-order valence-corrected chi connectivity index (χ1v) is 2.24. The number of ether oxygens (including phenoxy) is 1. The molecule has 4 nitrogen and oxygen atoms in total. The number of aliphatic hydroxyl groups is 2. The van der Waals surface area contributed by atoms with Crippen molar-refractivity contribution in [1.82, 2.24) is 0 Å². The first kappa shape index (κ1) is 5.53. The average Bonchev–Trinajstić information content (AvgIpc) is 1.98. The van der Waals surface area contributed by atoms with Crippen LogP contribution in [0.2, 0.25) is 0 Å². The lowest BCUT2D eigenvalue weighted by atomic mass is 10.3. The minimum atomic E-state index is -1.32. The second-order valence-corrected chi connectivity index (χ2v) is 1.64. The Kier molecular flexibility index (Phi) is 1.19. The quantitative estimate of drug-likeness (QED) is 0.371. The topological polar surface area (TPSA) is 66.8 Å². The van der Waals surface area contributed by atoms with Crippen LogP contribution in [0, 0.1) is 0 Å². The number of hydrogen-bond acceptors (Lipinski definition) is 4. The van der Waals surface area contributed by atoms with Gasteiger partial charge < -0.3 is 14.9 Å². The molecule has 1 aliphatic rings. The molecule has 0 bridgehead atoms. The highest BCUT2D eigenvalue weighted by Gasteiger charge is 2.33. The molecule has 0 aromatic heterocycles. The molecule has 2 N–H and O–H groups in total. The van der Waals surface area contributed by atoms with Gasteiger partial charge in [-0.05, 0) is 0 Å². The SMILES string of the molecule is O=C1OCC(O)C1O. The highest BCUT2D eigenvalue weighted by molar-refractivity contribution is 5.77. The van der Waals surface area contributed by atoms with Gasteiger partial charge in [0.15, 0.2) is 6.10 Å². The molecule has 0 radical (unpaired) electrons. The summed E-state index contributed by atoms with van der Waals surface area (Å²) in [5.41, 5.74) is 0. The third kappa shape index (κ3) is 0.677. The minimum Gasteiger partial charge on any atom is -0.461 e. The van der Waals surface area contributed by atoms with E-state index >= 15 is 0 Å². The van der Waals surface area contributed by atoms with Gasteiger partial charge in [-0.1, -0.05) is 0 Å². The van der Waals surface area contributed by atoms with Gasteiger partial charge in [0.25, 0.3) is 0 Å². The van der Waals surface area contributed by atoms with Gasteiger partial charge in [0.1, 0.15) is 12.7 Å². The molecule has 1 heterocycles. The maximum Gasteiger partial charge on any atom is 0.337 e. The highest BCUT2D eigenvalue weighted by atomic mass is 16.6. The number of hydrogen-bond donors (Lipinski definition) is 2. The Morgan fingerprint density at radius 3 is 2.38 bits per heavy atom. The van der Waals surface area contributed by atoms with Gasteiger partial charge in [0.05, 0.1) is 0 Å². The van der Waals surface area contributed by atoms with Crippen molar-refractivity contribution in [3.05, 3.63) is 0 Å². The van der Waals surface area contributed by atoms with Crippen LogP contribution < -0.4 is 0 Å². The summed E-state index contributed by atoms with van der Waals surface area (Å²) in [6, 6.07) is 0. The molecule has 0 aromatic rings. The summed E-state index contributed by atoms with van der Waals surface area (Å²) in [4.78, 5) is 10.2. The van der Waals surface area contributed by atoms with Crippen molar-refractivity contribution in [2.45, 2.75) is 12.2 Å². The van der Waals surface area contributed by atoms with Gasteiger partial charge in [0, 0.05) is 0 Å². The van der Waals surface area contributed by atoms with E-state index in [0.717, 1.165) is 0 Å². The van der Waals surface area contributed by atoms with Gasteiger partial charge in [-0.3, -0.25) is 0 Å². The fourth-order valence-electron chi connectivity index (χ4n) is 0.501. The summed E-state index contributed by atoms with van der Waals surface area (Å²) in [6.07, 6.45) is -2.35. The normalized spacial score (nSPS) is 37.5. The Bertz CT molecular complexity index is 111. The van der Waals surface area contributed by atoms with Crippen LogP contribution in [0.5, 0.6) is 0 Å². The van der Waals surface area contributed by atoms with Crippen molar-refractivity contribution in [2.24, 2.45) is 0 Å². The average molecular weight is 118 g/mol. The maximum absolute atomic E-state index is 10.2. The molecule has 1 saturated heterocycles. The molecule has 0 aromatic carbocycles. The number of esters is 1. The lowest BCUT2D eigenvalue weighted by molar-refractivity contribution is -0.145. The van der Waals surface area contributed by atoms with E-state index in [1.807, 2.05) is 0 Å². The summed E-state index contributed by atoms with van der Waals surface area (Å²) in [6.45, 7) is -0.0833. The molecular formula is C4H6O4. The molecule has 8 heavy (non-hydrogen) atoms. The zero-order chi connectivity index (χ0) is 6.15. The molecule has 2 atom stereocenters. The monoisotopic (exact) mass is 118 g/mol. The number of aliphatic hydroxyl groups excluding tert-OH is 2. The van der Waals surface area contributed by atoms with Crippen LogP contribution in [0.4, 0.5) is 0 Å². The summed E-state index contributed by atoms with van der Waals surface area (Å²) in [7, 11) is 0. The van der Waals surface area contributed by atoms with E-state index in [4.69, 9.17) is 10.2 Å². The van der Waals surface area contributed by atoms with Crippen molar-refractivity contribution >= 4 is 5.97 Å². The zero-order valence-corrected chi connectivity index (χ0v) is 4.07. The molecular weight excluding hydrogens is 112 g/mol. The molecule has 0 aliphatic carbocycles. The minimum absolute atomic E-state index is 0.0833. The van der Waals surface area contributed by atoms with Crippen LogP contribution in [0.15, 0.2) is 0 Å². The number of carbonyl (C=O) groups is 1. The Hall–Kier alpha value is -0.610. The predicted molar refractivity (Wildman–Crippen MR) is 23.0 cm³/mol. The number of cyclic esters (lactones) is 1. The van der Waals surface area contributed by atoms with Gasteiger partial charge in [-0.2, -0.15) is 0 Å². The van der Waals surface area contributed by atoms with E-state index in [-0.39, 0.29) is 6.61 Å². The van der Waals surface area contributed by atoms with E-state index in [2.05, 4.69) is 4.74 Å². The Morgan fingerprint density at radius 2 is 2.25 bits per heavy atom. The highest BCUT2D eigenvalue weighted by Crippen LogP contribution is 2.05. The third-order valence-corrected chi connectivity index (χ3v) is 1.00. The van der Waals surface area contributed by atoms with Crippen LogP contribution in [-0.2, 0) is 9.53 Å². The van der Waals surface area contributed by atoms with Crippen molar-refractivity contribution in [3.63, 3.8) is 0 Å². The lowest BCUT2D eigenvalue weighted by Gasteiger charge is -1.97. The van der Waals surface area contributed by atoms with Crippen molar-refractivity contribution < 1.29 is 19.7 Å². The van der Waals surface area contributed by atoms with Gasteiger partial charge in [-0.15, -0.1) is 0 Å². The number of rotatable bonds is 0. The van der Waals surface area contributed by atoms with Crippen LogP contribution in [-0.4, -0.2) is 35.0 Å². The van der Waals surface area contributed by atoms with E-state index in [9.17, 15) is 4.79 Å². The van der Waals surface area contributed by atoms with Gasteiger partial charge in [0.2, 0.25) is 0 Å². The molecule has 0 amide bonds. The van der Waals surface area contributed by atoms with Crippen molar-refractivity contribution in [1.29, 1.82) is 0 Å². The molecule has 46 valence electrons. The summed E-state index contributed by atoms with van der Waals surface area (Å²) in [5.74, 6) is -0.738. The third-order valence-electron chi connectivity index (χ3n) is 1.00. The Balaban J connectivity index is 2.56. The standard InChI is InChI=1S/C4H6O4/c5-2-1-8-4(7)3(2)6/h2-3,5-6H,1H2. The van der Waals surface area contributed by atoms with Crippen molar-refractivity contribution in [3.8, 4) is 0 Å². The maximum atomic E-state index is 10.2. The van der Waals surface area contributed by atoms with Crippen LogP contribution in [0.1, 0.15) is 0 Å². The number of carbonyl (C=O) groups excluding carboxylic acids is 1. The van der Waals surface area contributed by atoms with Crippen LogP contribution >= 0.6 is 0 Å². The lowest BCUT2D eigenvalue weighted by Crippen LogP contribution is -2.25. The van der Waals surface area contributed by atoms with E-state index in [0.29, 0.717) is 0 Å². The molecule has 0 saturated carbocycles. The summed E-state index contributed by atoms with van der Waals surface area (Å²) in [5, 5.41) is 17.1. The molecule has 1 aliphatic heterocycles. The molecule has 2 unspecified atom stereocenters. The molecule has 4 heteroatoms.